The summed E-state index contributed by atoms with van der Waals surface area (Å²) in [5.74, 6) is -1.62. The quantitative estimate of drug-likeness (QED) is 0.698. The minimum absolute atomic E-state index is 0.0209. The Kier molecular flexibility index (Phi) is 3.74. The molecule has 0 aromatic rings. The van der Waals surface area contributed by atoms with Crippen LogP contribution in [0.1, 0.15) is 6.42 Å². The van der Waals surface area contributed by atoms with Crippen molar-refractivity contribution in [3.8, 4) is 0 Å². The van der Waals surface area contributed by atoms with Gasteiger partial charge in [0.05, 0.1) is 31.1 Å². The molecule has 16 heavy (non-hydrogen) atoms. The minimum atomic E-state index is -3.26. The fourth-order valence-electron chi connectivity index (χ4n) is 1.61. The van der Waals surface area contributed by atoms with E-state index in [4.69, 9.17) is 5.11 Å². The first-order chi connectivity index (χ1) is 7.35. The summed E-state index contributed by atoms with van der Waals surface area (Å²) >= 11 is 0. The SMILES string of the molecule is COC(=O)N1CCS(=O)(=O)CC1CC(=O)O. The maximum atomic E-state index is 11.3. The molecule has 1 fully saturated rings. The molecule has 8 heteroatoms. The summed E-state index contributed by atoms with van der Waals surface area (Å²) in [6, 6.07) is -0.844. The number of rotatable bonds is 2. The van der Waals surface area contributed by atoms with Gasteiger partial charge in [0, 0.05) is 6.54 Å². The molecule has 1 unspecified atom stereocenters. The molecule has 1 rings (SSSR count). The van der Waals surface area contributed by atoms with Crippen molar-refractivity contribution in [1.82, 2.24) is 4.90 Å². The van der Waals surface area contributed by atoms with Crippen molar-refractivity contribution in [1.29, 1.82) is 0 Å². The number of hydrogen-bond acceptors (Lipinski definition) is 5. The summed E-state index contributed by atoms with van der Waals surface area (Å²) in [6.07, 6.45) is -1.09. The highest BCUT2D eigenvalue weighted by atomic mass is 32.2. The summed E-state index contributed by atoms with van der Waals surface area (Å²) in [7, 11) is -2.10. The van der Waals surface area contributed by atoms with E-state index >= 15 is 0 Å². The van der Waals surface area contributed by atoms with E-state index in [9.17, 15) is 18.0 Å². The predicted octanol–water partition coefficient (Wildman–Crippen LogP) is -0.673. The lowest BCUT2D eigenvalue weighted by molar-refractivity contribution is -0.138. The van der Waals surface area contributed by atoms with Gasteiger partial charge in [-0.05, 0) is 0 Å². The molecule has 0 radical (unpaired) electrons. The first-order valence-corrected chi connectivity index (χ1v) is 6.44. The monoisotopic (exact) mass is 251 g/mol. The standard InChI is InChI=1S/C8H13NO6S/c1-15-8(12)9-2-3-16(13,14)5-6(9)4-7(10)11/h6H,2-5H2,1H3,(H,10,11). The van der Waals surface area contributed by atoms with Crippen LogP contribution in [-0.4, -0.2) is 61.7 Å². The van der Waals surface area contributed by atoms with Crippen LogP contribution >= 0.6 is 0 Å². The molecule has 1 aliphatic heterocycles. The smallest absolute Gasteiger partial charge is 0.409 e. The van der Waals surface area contributed by atoms with Crippen molar-refractivity contribution < 1.29 is 27.9 Å². The molecule has 0 aromatic carbocycles. The molecule has 0 spiro atoms. The van der Waals surface area contributed by atoms with Gasteiger partial charge in [-0.3, -0.25) is 4.79 Å². The first-order valence-electron chi connectivity index (χ1n) is 4.62. The maximum Gasteiger partial charge on any atom is 0.409 e. The molecule has 0 bridgehead atoms. The minimum Gasteiger partial charge on any atom is -0.481 e. The van der Waals surface area contributed by atoms with E-state index in [-0.39, 0.29) is 18.1 Å². The molecule has 1 aliphatic rings. The highest BCUT2D eigenvalue weighted by Crippen LogP contribution is 2.15. The van der Waals surface area contributed by atoms with E-state index in [1.165, 1.54) is 7.11 Å². The zero-order valence-corrected chi connectivity index (χ0v) is 9.57. The van der Waals surface area contributed by atoms with Gasteiger partial charge in [-0.25, -0.2) is 13.2 Å². The van der Waals surface area contributed by atoms with Gasteiger partial charge in [-0.2, -0.15) is 0 Å². The number of methoxy groups -OCH3 is 1. The average Bonchev–Trinajstić information content (AvgIpc) is 2.14. The molecule has 1 atom stereocenters. The summed E-state index contributed by atoms with van der Waals surface area (Å²) in [5.41, 5.74) is 0. The van der Waals surface area contributed by atoms with Crippen molar-refractivity contribution in [2.75, 3.05) is 25.2 Å². The molecular formula is C8H13NO6S. The van der Waals surface area contributed by atoms with Gasteiger partial charge >= 0.3 is 12.1 Å². The Morgan fingerprint density at radius 3 is 2.62 bits per heavy atom. The van der Waals surface area contributed by atoms with E-state index in [0.717, 1.165) is 4.90 Å². The first kappa shape index (κ1) is 12.8. The number of ether oxygens (including phenoxy) is 1. The number of carboxylic acid groups (broad SMARTS) is 1. The lowest BCUT2D eigenvalue weighted by atomic mass is 10.2. The van der Waals surface area contributed by atoms with Crippen LogP contribution in [0.25, 0.3) is 0 Å². The predicted molar refractivity (Wildman–Crippen MR) is 53.8 cm³/mol. The van der Waals surface area contributed by atoms with Crippen molar-refractivity contribution >= 4 is 21.9 Å². The molecule has 1 amide bonds. The second-order valence-electron chi connectivity index (χ2n) is 3.53. The second kappa shape index (κ2) is 4.69. The van der Waals surface area contributed by atoms with Crippen LogP contribution in [0.4, 0.5) is 4.79 Å². The molecule has 1 N–H and O–H groups in total. The zero-order chi connectivity index (χ0) is 12.3. The number of carbonyl (C=O) groups excluding carboxylic acids is 1. The highest BCUT2D eigenvalue weighted by Gasteiger charge is 2.35. The fraction of sp³-hybridized carbons (Fsp3) is 0.750. The number of carboxylic acids is 1. The van der Waals surface area contributed by atoms with E-state index in [0.29, 0.717) is 0 Å². The molecule has 1 saturated heterocycles. The molecule has 7 nitrogen and oxygen atoms in total. The largest absolute Gasteiger partial charge is 0.481 e. The van der Waals surface area contributed by atoms with Crippen LogP contribution in [0.5, 0.6) is 0 Å². The Hall–Kier alpha value is -1.31. The number of sulfone groups is 1. The third-order valence-corrected chi connectivity index (χ3v) is 4.05. The van der Waals surface area contributed by atoms with E-state index in [2.05, 4.69) is 4.74 Å². The summed E-state index contributed by atoms with van der Waals surface area (Å²) in [4.78, 5) is 23.0. The zero-order valence-electron chi connectivity index (χ0n) is 8.75. The van der Waals surface area contributed by atoms with Crippen molar-refractivity contribution in [3.63, 3.8) is 0 Å². The summed E-state index contributed by atoms with van der Waals surface area (Å²) in [6.45, 7) is -0.0209. The Labute approximate surface area is 92.9 Å². The average molecular weight is 251 g/mol. The Bertz CT molecular complexity index is 389. The number of amides is 1. The van der Waals surface area contributed by atoms with Gasteiger partial charge in [0.1, 0.15) is 0 Å². The van der Waals surface area contributed by atoms with Crippen LogP contribution < -0.4 is 0 Å². The van der Waals surface area contributed by atoms with Crippen molar-refractivity contribution in [2.24, 2.45) is 0 Å². The molecule has 0 aliphatic carbocycles. The number of hydrogen-bond donors (Lipinski definition) is 1. The van der Waals surface area contributed by atoms with Crippen molar-refractivity contribution in [3.05, 3.63) is 0 Å². The second-order valence-corrected chi connectivity index (χ2v) is 5.76. The topological polar surface area (TPSA) is 101 Å². The van der Waals surface area contributed by atoms with Crippen LogP contribution in [0.3, 0.4) is 0 Å². The van der Waals surface area contributed by atoms with Gasteiger partial charge in [0.25, 0.3) is 0 Å². The molecular weight excluding hydrogens is 238 g/mol. The van der Waals surface area contributed by atoms with Gasteiger partial charge in [-0.1, -0.05) is 0 Å². The van der Waals surface area contributed by atoms with E-state index in [1.807, 2.05) is 0 Å². The lowest BCUT2D eigenvalue weighted by Crippen LogP contribution is -2.51. The van der Waals surface area contributed by atoms with E-state index < -0.39 is 34.4 Å². The lowest BCUT2D eigenvalue weighted by Gasteiger charge is -2.33. The molecule has 0 aromatic heterocycles. The molecule has 1 heterocycles. The van der Waals surface area contributed by atoms with Gasteiger partial charge in [-0.15, -0.1) is 0 Å². The van der Waals surface area contributed by atoms with Crippen molar-refractivity contribution in [2.45, 2.75) is 12.5 Å². The maximum absolute atomic E-state index is 11.3. The van der Waals surface area contributed by atoms with Gasteiger partial charge in [0.15, 0.2) is 9.84 Å². The fourth-order valence-corrected chi connectivity index (χ4v) is 3.14. The number of carbonyl (C=O) groups is 2. The third-order valence-electron chi connectivity index (χ3n) is 2.35. The summed E-state index contributed by atoms with van der Waals surface area (Å²) < 4.78 is 27.1. The summed E-state index contributed by atoms with van der Waals surface area (Å²) in [5, 5.41) is 8.63. The van der Waals surface area contributed by atoms with Crippen LogP contribution in [0.15, 0.2) is 0 Å². The van der Waals surface area contributed by atoms with E-state index in [1.54, 1.807) is 0 Å². The Morgan fingerprint density at radius 2 is 2.12 bits per heavy atom. The Morgan fingerprint density at radius 1 is 1.50 bits per heavy atom. The third kappa shape index (κ3) is 3.09. The number of nitrogens with zero attached hydrogens (tertiary/aromatic N) is 1. The highest BCUT2D eigenvalue weighted by molar-refractivity contribution is 7.91. The molecule has 0 saturated carbocycles. The van der Waals surface area contributed by atoms with Crippen LogP contribution in [0.2, 0.25) is 0 Å². The molecule has 92 valence electrons. The normalized spacial score (nSPS) is 23.8. The Balaban J connectivity index is 2.83. The van der Waals surface area contributed by atoms with Crippen LogP contribution in [0, 0.1) is 0 Å². The van der Waals surface area contributed by atoms with Gasteiger partial charge in [0.2, 0.25) is 0 Å². The van der Waals surface area contributed by atoms with Gasteiger partial charge < -0.3 is 14.7 Å². The van der Waals surface area contributed by atoms with Crippen LogP contribution in [-0.2, 0) is 19.4 Å². The number of aliphatic carboxylic acids is 1.